The SMILES string of the molecule is CN(C1CCCCC1)S(=O)(=O)N1CCCc2occc2C1. The van der Waals surface area contributed by atoms with Crippen LogP contribution >= 0.6 is 0 Å². The molecular formula is C15H24N2O3S. The molecule has 0 aromatic carbocycles. The van der Waals surface area contributed by atoms with Crippen LogP contribution in [0.1, 0.15) is 49.8 Å². The van der Waals surface area contributed by atoms with Gasteiger partial charge in [0.15, 0.2) is 0 Å². The normalized spacial score (nSPS) is 22.2. The molecule has 0 amide bonds. The molecule has 0 spiro atoms. The lowest BCUT2D eigenvalue weighted by molar-refractivity contribution is 0.261. The third-order valence-electron chi connectivity index (χ3n) is 4.77. The lowest BCUT2D eigenvalue weighted by atomic mass is 9.96. The quantitative estimate of drug-likeness (QED) is 0.862. The van der Waals surface area contributed by atoms with Gasteiger partial charge in [-0.1, -0.05) is 19.3 Å². The molecule has 0 radical (unpaired) electrons. The van der Waals surface area contributed by atoms with Crippen LogP contribution in [0.15, 0.2) is 16.7 Å². The molecule has 6 heteroatoms. The molecular weight excluding hydrogens is 288 g/mol. The molecule has 0 bridgehead atoms. The van der Waals surface area contributed by atoms with Crippen molar-refractivity contribution in [2.24, 2.45) is 0 Å². The lowest BCUT2D eigenvalue weighted by Crippen LogP contribution is -2.46. The smallest absolute Gasteiger partial charge is 0.282 e. The van der Waals surface area contributed by atoms with Gasteiger partial charge in [-0.2, -0.15) is 17.0 Å². The highest BCUT2D eigenvalue weighted by atomic mass is 32.2. The molecule has 0 saturated heterocycles. The van der Waals surface area contributed by atoms with Crippen molar-refractivity contribution < 1.29 is 12.8 Å². The van der Waals surface area contributed by atoms with Crippen LogP contribution < -0.4 is 0 Å². The van der Waals surface area contributed by atoms with Crippen molar-refractivity contribution in [2.75, 3.05) is 13.6 Å². The van der Waals surface area contributed by atoms with Gasteiger partial charge in [-0.05, 0) is 25.3 Å². The van der Waals surface area contributed by atoms with E-state index in [0.717, 1.165) is 49.8 Å². The van der Waals surface area contributed by atoms with E-state index >= 15 is 0 Å². The van der Waals surface area contributed by atoms with Crippen molar-refractivity contribution in [3.63, 3.8) is 0 Å². The molecule has 21 heavy (non-hydrogen) atoms. The van der Waals surface area contributed by atoms with Crippen LogP contribution in [0.4, 0.5) is 0 Å². The van der Waals surface area contributed by atoms with Gasteiger partial charge in [0.25, 0.3) is 10.2 Å². The molecule has 0 atom stereocenters. The summed E-state index contributed by atoms with van der Waals surface area (Å²) >= 11 is 0. The summed E-state index contributed by atoms with van der Waals surface area (Å²) in [4.78, 5) is 0. The van der Waals surface area contributed by atoms with Crippen LogP contribution in [-0.2, 0) is 23.2 Å². The number of furan rings is 1. The highest BCUT2D eigenvalue weighted by Gasteiger charge is 2.34. The number of hydrogen-bond donors (Lipinski definition) is 0. The minimum absolute atomic E-state index is 0.163. The summed E-state index contributed by atoms with van der Waals surface area (Å²) < 4.78 is 34.4. The Morgan fingerprint density at radius 1 is 1.24 bits per heavy atom. The highest BCUT2D eigenvalue weighted by Crippen LogP contribution is 2.27. The summed E-state index contributed by atoms with van der Waals surface area (Å²) in [5, 5.41) is 0. The van der Waals surface area contributed by atoms with Gasteiger partial charge in [0.1, 0.15) is 5.76 Å². The third kappa shape index (κ3) is 3.03. The maximum Gasteiger partial charge on any atom is 0.282 e. The van der Waals surface area contributed by atoms with E-state index in [1.54, 1.807) is 21.9 Å². The minimum Gasteiger partial charge on any atom is -0.469 e. The number of rotatable bonds is 3. The van der Waals surface area contributed by atoms with E-state index in [9.17, 15) is 8.42 Å². The summed E-state index contributed by atoms with van der Waals surface area (Å²) in [6, 6.07) is 2.06. The van der Waals surface area contributed by atoms with E-state index in [4.69, 9.17) is 4.42 Å². The van der Waals surface area contributed by atoms with Crippen LogP contribution in [0.25, 0.3) is 0 Å². The number of hydrogen-bond acceptors (Lipinski definition) is 3. The third-order valence-corrected chi connectivity index (χ3v) is 6.77. The average molecular weight is 312 g/mol. The van der Waals surface area contributed by atoms with Crippen molar-refractivity contribution in [1.82, 2.24) is 8.61 Å². The topological polar surface area (TPSA) is 53.8 Å². The summed E-state index contributed by atoms with van der Waals surface area (Å²) in [5.74, 6) is 0.938. The molecule has 3 rings (SSSR count). The predicted octanol–water partition coefficient (Wildman–Crippen LogP) is 2.54. The second-order valence-corrected chi connectivity index (χ2v) is 8.11. The van der Waals surface area contributed by atoms with Crippen LogP contribution in [0.5, 0.6) is 0 Å². The molecule has 1 aliphatic carbocycles. The van der Waals surface area contributed by atoms with Gasteiger partial charge in [0.2, 0.25) is 0 Å². The number of fused-ring (bicyclic) bond motifs is 1. The monoisotopic (exact) mass is 312 g/mol. The Hall–Kier alpha value is -0.850. The number of aryl methyl sites for hydroxylation is 1. The van der Waals surface area contributed by atoms with Gasteiger partial charge >= 0.3 is 0 Å². The van der Waals surface area contributed by atoms with Crippen LogP contribution in [0.2, 0.25) is 0 Å². The molecule has 1 aromatic rings. The Morgan fingerprint density at radius 2 is 2.00 bits per heavy atom. The van der Waals surface area contributed by atoms with E-state index < -0.39 is 10.2 Å². The Bertz CT molecular complexity index is 575. The maximum atomic E-state index is 12.9. The van der Waals surface area contributed by atoms with Gasteiger partial charge in [-0.15, -0.1) is 0 Å². The summed E-state index contributed by atoms with van der Waals surface area (Å²) in [6.07, 6.45) is 8.77. The van der Waals surface area contributed by atoms with Crippen molar-refractivity contribution >= 4 is 10.2 Å². The van der Waals surface area contributed by atoms with Crippen LogP contribution in [0, 0.1) is 0 Å². The van der Waals surface area contributed by atoms with Crippen LogP contribution in [0.3, 0.4) is 0 Å². The Morgan fingerprint density at radius 3 is 2.76 bits per heavy atom. The molecule has 0 unspecified atom stereocenters. The lowest BCUT2D eigenvalue weighted by Gasteiger charge is -2.34. The zero-order valence-corrected chi connectivity index (χ0v) is 13.4. The average Bonchev–Trinajstić information content (AvgIpc) is 2.84. The first kappa shape index (κ1) is 15.1. The van der Waals surface area contributed by atoms with Gasteiger partial charge in [-0.25, -0.2) is 0 Å². The Kier molecular flexibility index (Phi) is 4.38. The molecule has 1 aromatic heterocycles. The zero-order valence-electron chi connectivity index (χ0n) is 12.6. The zero-order chi connectivity index (χ0) is 14.9. The first-order chi connectivity index (χ1) is 10.1. The minimum atomic E-state index is -3.38. The first-order valence-electron chi connectivity index (χ1n) is 7.87. The van der Waals surface area contributed by atoms with E-state index in [1.807, 2.05) is 6.07 Å². The van der Waals surface area contributed by atoms with Gasteiger partial charge in [0.05, 0.1) is 6.26 Å². The fourth-order valence-electron chi connectivity index (χ4n) is 3.42. The molecule has 1 aliphatic heterocycles. The molecule has 2 heterocycles. The van der Waals surface area contributed by atoms with Crippen molar-refractivity contribution in [2.45, 2.75) is 57.5 Å². The number of nitrogens with zero attached hydrogens (tertiary/aromatic N) is 2. The van der Waals surface area contributed by atoms with Crippen molar-refractivity contribution in [3.8, 4) is 0 Å². The molecule has 0 N–H and O–H groups in total. The van der Waals surface area contributed by atoms with E-state index in [2.05, 4.69) is 0 Å². The summed E-state index contributed by atoms with van der Waals surface area (Å²) in [7, 11) is -1.64. The van der Waals surface area contributed by atoms with Gasteiger partial charge < -0.3 is 4.42 Å². The molecule has 5 nitrogen and oxygen atoms in total. The standard InChI is InChI=1S/C15H24N2O3S/c1-16(14-6-3-2-4-7-14)21(18,19)17-10-5-8-15-13(12-17)9-11-20-15/h9,11,14H,2-8,10,12H2,1H3. The molecule has 1 fully saturated rings. The van der Waals surface area contributed by atoms with E-state index in [1.165, 1.54) is 6.42 Å². The largest absolute Gasteiger partial charge is 0.469 e. The van der Waals surface area contributed by atoms with Gasteiger partial charge in [0, 0.05) is 38.2 Å². The van der Waals surface area contributed by atoms with Crippen molar-refractivity contribution in [3.05, 3.63) is 23.7 Å². The highest BCUT2D eigenvalue weighted by molar-refractivity contribution is 7.86. The molecule has 1 saturated carbocycles. The van der Waals surface area contributed by atoms with Crippen molar-refractivity contribution in [1.29, 1.82) is 0 Å². The summed E-state index contributed by atoms with van der Waals surface area (Å²) in [5.41, 5.74) is 1.01. The van der Waals surface area contributed by atoms with Crippen LogP contribution in [-0.4, -0.2) is 36.7 Å². The fourth-order valence-corrected chi connectivity index (χ4v) is 5.04. The first-order valence-corrected chi connectivity index (χ1v) is 9.27. The molecule has 2 aliphatic rings. The predicted molar refractivity (Wildman–Crippen MR) is 81.0 cm³/mol. The summed E-state index contributed by atoms with van der Waals surface area (Å²) in [6.45, 7) is 1.01. The second kappa shape index (κ2) is 6.10. The van der Waals surface area contributed by atoms with Gasteiger partial charge in [-0.3, -0.25) is 0 Å². The van der Waals surface area contributed by atoms with E-state index in [-0.39, 0.29) is 6.04 Å². The van der Waals surface area contributed by atoms with E-state index in [0.29, 0.717) is 13.1 Å². The second-order valence-electron chi connectivity index (χ2n) is 6.12. The fraction of sp³-hybridized carbons (Fsp3) is 0.733. The Labute approximate surface area is 127 Å². The Balaban J connectivity index is 1.77. The maximum absolute atomic E-state index is 12.9. The molecule has 118 valence electrons.